The molecule has 0 bridgehead atoms. The number of aliphatic hydroxyl groups is 1. The summed E-state index contributed by atoms with van der Waals surface area (Å²) in [6.45, 7) is 4.53. The number of hydrogen-bond acceptors (Lipinski definition) is 6. The third kappa shape index (κ3) is 4.28. The quantitative estimate of drug-likeness (QED) is 0.343. The second kappa shape index (κ2) is 8.76. The van der Waals surface area contributed by atoms with E-state index in [0.29, 0.717) is 30.3 Å². The molecule has 1 rings (SSSR count). The summed E-state index contributed by atoms with van der Waals surface area (Å²) in [5.74, 6) is 0.140. The second-order valence-electron chi connectivity index (χ2n) is 4.19. The van der Waals surface area contributed by atoms with Gasteiger partial charge in [-0.05, 0) is 37.1 Å². The minimum absolute atomic E-state index is 0.356. The van der Waals surface area contributed by atoms with E-state index >= 15 is 0 Å². The molecule has 22 heavy (non-hydrogen) atoms. The zero-order valence-electron chi connectivity index (χ0n) is 12.7. The first-order valence-corrected chi connectivity index (χ1v) is 6.78. The second-order valence-corrected chi connectivity index (χ2v) is 4.19. The summed E-state index contributed by atoms with van der Waals surface area (Å²) in [6, 6.07) is 3.36. The van der Waals surface area contributed by atoms with Crippen LogP contribution in [-0.4, -0.2) is 37.4 Å². The fourth-order valence-corrected chi connectivity index (χ4v) is 1.85. The van der Waals surface area contributed by atoms with Gasteiger partial charge < -0.3 is 19.3 Å². The summed E-state index contributed by atoms with van der Waals surface area (Å²) in [4.78, 5) is 14.2. The van der Waals surface area contributed by atoms with Crippen molar-refractivity contribution in [3.8, 4) is 11.5 Å². The lowest BCUT2D eigenvalue weighted by molar-refractivity contribution is -0.144. The maximum atomic E-state index is 11.6. The average Bonchev–Trinajstić information content (AvgIpc) is 2.53. The molecule has 1 aromatic rings. The van der Waals surface area contributed by atoms with Crippen molar-refractivity contribution < 1.29 is 24.1 Å². The van der Waals surface area contributed by atoms with Gasteiger partial charge in [0.2, 0.25) is 0 Å². The van der Waals surface area contributed by atoms with Crippen LogP contribution in [-0.2, 0) is 9.53 Å². The molecule has 0 radical (unpaired) electrons. The Kier molecular flexibility index (Phi) is 7.01. The lowest BCUT2D eigenvalue weighted by atomic mass is 10.0. The van der Waals surface area contributed by atoms with E-state index in [9.17, 15) is 9.90 Å². The van der Waals surface area contributed by atoms with Crippen LogP contribution >= 0.6 is 0 Å². The number of methoxy groups -OCH3 is 1. The highest BCUT2D eigenvalue weighted by Gasteiger charge is 2.28. The Labute approximate surface area is 128 Å². The molecule has 0 heterocycles. The number of azide groups is 1. The normalized spacial score (nSPS) is 12.7. The highest BCUT2D eigenvalue weighted by molar-refractivity contribution is 5.77. The number of benzene rings is 1. The molecule has 0 aromatic heterocycles. The summed E-state index contributed by atoms with van der Waals surface area (Å²) in [5, 5.41) is 13.6. The largest absolute Gasteiger partial charge is 0.490 e. The molecule has 8 nitrogen and oxygen atoms in total. The SMILES string of the molecule is CCOc1ccc(C(O)C(N=[N+]=[N-])C(=O)OC)cc1OCC. The molecular formula is C14H19N3O5. The maximum Gasteiger partial charge on any atom is 0.317 e. The van der Waals surface area contributed by atoms with E-state index in [1.807, 2.05) is 13.8 Å². The molecule has 0 fully saturated rings. The minimum Gasteiger partial charge on any atom is -0.490 e. The minimum atomic E-state index is -1.37. The van der Waals surface area contributed by atoms with Gasteiger partial charge in [-0.2, -0.15) is 0 Å². The molecule has 120 valence electrons. The van der Waals surface area contributed by atoms with Crippen LogP contribution in [0, 0.1) is 0 Å². The van der Waals surface area contributed by atoms with Gasteiger partial charge in [-0.15, -0.1) is 0 Å². The molecule has 0 saturated carbocycles. The van der Waals surface area contributed by atoms with Crippen LogP contribution < -0.4 is 9.47 Å². The van der Waals surface area contributed by atoms with Crippen LogP contribution in [0.3, 0.4) is 0 Å². The zero-order chi connectivity index (χ0) is 16.5. The molecule has 0 spiro atoms. The van der Waals surface area contributed by atoms with Crippen molar-refractivity contribution in [2.75, 3.05) is 20.3 Å². The van der Waals surface area contributed by atoms with E-state index in [0.717, 1.165) is 7.11 Å². The third-order valence-electron chi connectivity index (χ3n) is 2.83. The molecule has 0 aliphatic heterocycles. The Morgan fingerprint density at radius 1 is 1.32 bits per heavy atom. The van der Waals surface area contributed by atoms with Crippen LogP contribution in [0.25, 0.3) is 10.4 Å². The molecule has 2 unspecified atom stereocenters. The zero-order valence-corrected chi connectivity index (χ0v) is 12.7. The Morgan fingerprint density at radius 3 is 2.50 bits per heavy atom. The van der Waals surface area contributed by atoms with Crippen LogP contribution in [0.5, 0.6) is 11.5 Å². The van der Waals surface area contributed by atoms with Crippen molar-refractivity contribution in [2.24, 2.45) is 5.11 Å². The Hall–Kier alpha value is -2.44. The summed E-state index contributed by atoms with van der Waals surface area (Å²) in [5.41, 5.74) is 8.88. The van der Waals surface area contributed by atoms with Gasteiger partial charge in [-0.3, -0.25) is 4.79 Å². The van der Waals surface area contributed by atoms with E-state index < -0.39 is 18.1 Å². The van der Waals surface area contributed by atoms with Gasteiger partial charge >= 0.3 is 5.97 Å². The summed E-state index contributed by atoms with van der Waals surface area (Å²) in [6.07, 6.45) is -1.35. The molecule has 0 amide bonds. The van der Waals surface area contributed by atoms with Crippen LogP contribution in [0.1, 0.15) is 25.5 Å². The molecule has 8 heteroatoms. The van der Waals surface area contributed by atoms with E-state index in [-0.39, 0.29) is 0 Å². The Balaban J connectivity index is 3.15. The Morgan fingerprint density at radius 2 is 1.95 bits per heavy atom. The number of esters is 1. The first-order chi connectivity index (χ1) is 10.6. The summed E-state index contributed by atoms with van der Waals surface area (Å²) in [7, 11) is 1.15. The van der Waals surface area contributed by atoms with Crippen LogP contribution in [0.15, 0.2) is 23.3 Å². The van der Waals surface area contributed by atoms with E-state index in [1.54, 1.807) is 18.2 Å². The molecule has 1 N–H and O–H groups in total. The van der Waals surface area contributed by atoms with Gasteiger partial charge in [0, 0.05) is 4.91 Å². The van der Waals surface area contributed by atoms with Crippen molar-refractivity contribution in [3.05, 3.63) is 34.2 Å². The highest BCUT2D eigenvalue weighted by atomic mass is 16.5. The molecule has 2 atom stereocenters. The van der Waals surface area contributed by atoms with Crippen molar-refractivity contribution >= 4 is 5.97 Å². The summed E-state index contributed by atoms with van der Waals surface area (Å²) < 4.78 is 15.4. The number of rotatable bonds is 8. The van der Waals surface area contributed by atoms with E-state index in [4.69, 9.17) is 15.0 Å². The molecule has 0 aliphatic rings. The van der Waals surface area contributed by atoms with Gasteiger partial charge in [0.15, 0.2) is 17.5 Å². The monoisotopic (exact) mass is 309 g/mol. The van der Waals surface area contributed by atoms with Gasteiger partial charge in [0.25, 0.3) is 0 Å². The van der Waals surface area contributed by atoms with E-state index in [2.05, 4.69) is 14.8 Å². The molecule has 0 saturated heterocycles. The van der Waals surface area contributed by atoms with E-state index in [1.165, 1.54) is 0 Å². The van der Waals surface area contributed by atoms with Crippen molar-refractivity contribution in [2.45, 2.75) is 26.0 Å². The molecule has 1 aromatic carbocycles. The van der Waals surface area contributed by atoms with Crippen LogP contribution in [0.2, 0.25) is 0 Å². The fraction of sp³-hybridized carbons (Fsp3) is 0.500. The Bertz CT molecular complexity index is 557. The van der Waals surface area contributed by atoms with Gasteiger partial charge in [-0.25, -0.2) is 0 Å². The number of hydrogen-bond donors (Lipinski definition) is 1. The molecular weight excluding hydrogens is 290 g/mol. The topological polar surface area (TPSA) is 114 Å². The predicted octanol–water partition coefficient (Wildman–Crippen LogP) is 2.37. The lowest BCUT2D eigenvalue weighted by Gasteiger charge is -2.18. The number of ether oxygens (including phenoxy) is 3. The highest BCUT2D eigenvalue weighted by Crippen LogP contribution is 2.32. The fourth-order valence-electron chi connectivity index (χ4n) is 1.85. The van der Waals surface area contributed by atoms with Crippen molar-refractivity contribution in [1.82, 2.24) is 0 Å². The number of nitrogens with zero attached hydrogens (tertiary/aromatic N) is 3. The lowest BCUT2D eigenvalue weighted by Crippen LogP contribution is -2.27. The average molecular weight is 309 g/mol. The first kappa shape index (κ1) is 17.6. The smallest absolute Gasteiger partial charge is 0.317 e. The maximum absolute atomic E-state index is 11.6. The number of aliphatic hydroxyl groups excluding tert-OH is 1. The number of carbonyl (C=O) groups excluding carboxylic acids is 1. The summed E-state index contributed by atoms with van der Waals surface area (Å²) >= 11 is 0. The van der Waals surface area contributed by atoms with Crippen molar-refractivity contribution in [3.63, 3.8) is 0 Å². The van der Waals surface area contributed by atoms with Gasteiger partial charge in [-0.1, -0.05) is 11.2 Å². The number of carbonyl (C=O) groups is 1. The first-order valence-electron chi connectivity index (χ1n) is 6.78. The van der Waals surface area contributed by atoms with Crippen molar-refractivity contribution in [1.29, 1.82) is 0 Å². The molecule has 0 aliphatic carbocycles. The van der Waals surface area contributed by atoms with Gasteiger partial charge in [0.1, 0.15) is 0 Å². The predicted molar refractivity (Wildman–Crippen MR) is 78.7 cm³/mol. The standard InChI is InChI=1S/C14H19N3O5/c1-4-21-10-7-6-9(8-11(10)22-5-2)13(18)12(16-17-15)14(19)20-3/h6-8,12-13,18H,4-5H2,1-3H3. The van der Waals surface area contributed by atoms with Crippen LogP contribution in [0.4, 0.5) is 0 Å². The van der Waals surface area contributed by atoms with Gasteiger partial charge in [0.05, 0.1) is 26.4 Å². The third-order valence-corrected chi connectivity index (χ3v) is 2.83.